The lowest BCUT2D eigenvalue weighted by molar-refractivity contribution is 0.598. The van der Waals surface area contributed by atoms with Gasteiger partial charge in [-0.05, 0) is 0 Å². The molecule has 1 aromatic rings. The Bertz CT molecular complexity index is 543. The van der Waals surface area contributed by atoms with Crippen LogP contribution in [0.2, 0.25) is 0 Å². The van der Waals surface area contributed by atoms with E-state index in [1.54, 1.807) is 12.1 Å². The van der Waals surface area contributed by atoms with Crippen LogP contribution in [0, 0.1) is 5.82 Å². The fourth-order valence-corrected chi connectivity index (χ4v) is 4.06. The largest absolute Gasteiger partial charge is 0.326 e. The summed E-state index contributed by atoms with van der Waals surface area (Å²) >= 11 is 0. The van der Waals surface area contributed by atoms with Gasteiger partial charge in [-0.15, -0.1) is 0 Å². The predicted octanol–water partition coefficient (Wildman–Crippen LogP) is 0.578. The SMILES string of the molecule is CS(=O)(=O)CCS(=O)Cc1cccc(CN)c1F. The van der Waals surface area contributed by atoms with Gasteiger partial charge in [0, 0.05) is 40.5 Å². The van der Waals surface area contributed by atoms with Crippen molar-refractivity contribution in [2.45, 2.75) is 12.3 Å². The van der Waals surface area contributed by atoms with Crippen molar-refractivity contribution in [3.8, 4) is 0 Å². The molecular formula is C11H16FNO3S2. The zero-order valence-electron chi connectivity index (χ0n) is 10.1. The van der Waals surface area contributed by atoms with E-state index in [2.05, 4.69) is 0 Å². The fourth-order valence-electron chi connectivity index (χ4n) is 1.39. The molecule has 0 bridgehead atoms. The minimum absolute atomic E-state index is 0.00912. The van der Waals surface area contributed by atoms with Gasteiger partial charge in [-0.1, -0.05) is 18.2 Å². The maximum absolute atomic E-state index is 13.8. The summed E-state index contributed by atoms with van der Waals surface area (Å²) in [6.07, 6.45) is 1.08. The molecule has 18 heavy (non-hydrogen) atoms. The van der Waals surface area contributed by atoms with E-state index in [4.69, 9.17) is 5.73 Å². The minimum Gasteiger partial charge on any atom is -0.326 e. The van der Waals surface area contributed by atoms with E-state index in [1.165, 1.54) is 6.07 Å². The Balaban J connectivity index is 2.71. The smallest absolute Gasteiger partial charge is 0.148 e. The second-order valence-electron chi connectivity index (χ2n) is 4.01. The summed E-state index contributed by atoms with van der Waals surface area (Å²) in [4.78, 5) is 0. The maximum Gasteiger partial charge on any atom is 0.148 e. The highest BCUT2D eigenvalue weighted by Crippen LogP contribution is 2.14. The standard InChI is InChI=1S/C11H16FNO3S2/c1-18(15,16)6-5-17(14)8-10-4-2-3-9(7-13)11(10)12/h2-4H,5-8,13H2,1H3. The van der Waals surface area contributed by atoms with Gasteiger partial charge in [-0.25, -0.2) is 12.8 Å². The third-order valence-corrected chi connectivity index (χ3v) is 4.87. The quantitative estimate of drug-likeness (QED) is 0.832. The molecule has 7 heteroatoms. The van der Waals surface area contributed by atoms with Crippen LogP contribution in [0.25, 0.3) is 0 Å². The van der Waals surface area contributed by atoms with Gasteiger partial charge in [-0.2, -0.15) is 0 Å². The van der Waals surface area contributed by atoms with Crippen molar-refractivity contribution in [1.29, 1.82) is 0 Å². The van der Waals surface area contributed by atoms with Gasteiger partial charge in [0.15, 0.2) is 0 Å². The molecule has 0 saturated carbocycles. The van der Waals surface area contributed by atoms with Crippen LogP contribution in [-0.4, -0.2) is 30.4 Å². The summed E-state index contributed by atoms with van der Waals surface area (Å²) in [7, 11) is -4.54. The van der Waals surface area contributed by atoms with Crippen LogP contribution < -0.4 is 5.73 Å². The molecule has 0 spiro atoms. The number of sulfone groups is 1. The number of nitrogens with two attached hydrogens (primary N) is 1. The average molecular weight is 293 g/mol. The maximum atomic E-state index is 13.8. The van der Waals surface area contributed by atoms with E-state index in [0.29, 0.717) is 11.1 Å². The Morgan fingerprint density at radius 1 is 1.33 bits per heavy atom. The highest BCUT2D eigenvalue weighted by atomic mass is 32.2. The van der Waals surface area contributed by atoms with Gasteiger partial charge >= 0.3 is 0 Å². The van der Waals surface area contributed by atoms with E-state index in [9.17, 15) is 17.0 Å². The Hall–Kier alpha value is -0.790. The molecule has 4 nitrogen and oxygen atoms in total. The summed E-state index contributed by atoms with van der Waals surface area (Å²) in [5.41, 5.74) is 6.05. The molecule has 0 aromatic heterocycles. The van der Waals surface area contributed by atoms with E-state index < -0.39 is 26.5 Å². The van der Waals surface area contributed by atoms with Crippen molar-refractivity contribution >= 4 is 20.6 Å². The molecule has 0 fully saturated rings. The summed E-state index contributed by atoms with van der Waals surface area (Å²) in [5, 5.41) is 0. The normalized spacial score (nSPS) is 13.5. The van der Waals surface area contributed by atoms with Crippen LogP contribution in [0.4, 0.5) is 4.39 Å². The Morgan fingerprint density at radius 2 is 1.94 bits per heavy atom. The van der Waals surface area contributed by atoms with E-state index in [1.807, 2.05) is 0 Å². The van der Waals surface area contributed by atoms with Crippen molar-refractivity contribution in [3.63, 3.8) is 0 Å². The number of hydrogen-bond acceptors (Lipinski definition) is 4. The zero-order chi connectivity index (χ0) is 13.8. The van der Waals surface area contributed by atoms with Crippen molar-refractivity contribution in [1.82, 2.24) is 0 Å². The second kappa shape index (κ2) is 6.40. The average Bonchev–Trinajstić information content (AvgIpc) is 2.28. The Labute approximate surface area is 109 Å². The summed E-state index contributed by atoms with van der Waals surface area (Å²) in [6, 6.07) is 4.75. The molecular weight excluding hydrogens is 277 g/mol. The van der Waals surface area contributed by atoms with Crippen molar-refractivity contribution < 1.29 is 17.0 Å². The zero-order valence-corrected chi connectivity index (χ0v) is 11.7. The molecule has 0 amide bonds. The van der Waals surface area contributed by atoms with E-state index in [-0.39, 0.29) is 23.8 Å². The summed E-state index contributed by atoms with van der Waals surface area (Å²) < 4.78 is 47.3. The van der Waals surface area contributed by atoms with Gasteiger partial charge in [-0.3, -0.25) is 4.21 Å². The molecule has 0 heterocycles. The fraction of sp³-hybridized carbons (Fsp3) is 0.455. The van der Waals surface area contributed by atoms with Crippen LogP contribution in [-0.2, 0) is 32.9 Å². The predicted molar refractivity (Wildman–Crippen MR) is 70.7 cm³/mol. The van der Waals surface area contributed by atoms with Crippen LogP contribution >= 0.6 is 0 Å². The first-order chi connectivity index (χ1) is 8.33. The van der Waals surface area contributed by atoms with Gasteiger partial charge in [0.2, 0.25) is 0 Å². The Kier molecular flexibility index (Phi) is 5.43. The molecule has 1 unspecified atom stereocenters. The highest BCUT2D eigenvalue weighted by molar-refractivity contribution is 7.92. The topological polar surface area (TPSA) is 77.2 Å². The lowest BCUT2D eigenvalue weighted by atomic mass is 10.1. The molecule has 1 aromatic carbocycles. The molecule has 1 atom stereocenters. The molecule has 0 radical (unpaired) electrons. The highest BCUT2D eigenvalue weighted by Gasteiger charge is 2.12. The van der Waals surface area contributed by atoms with Crippen molar-refractivity contribution in [2.75, 3.05) is 17.8 Å². The first-order valence-corrected chi connectivity index (χ1v) is 8.87. The summed E-state index contributed by atoms with van der Waals surface area (Å²) in [6.45, 7) is 0.0790. The lowest BCUT2D eigenvalue weighted by Crippen LogP contribution is -2.13. The van der Waals surface area contributed by atoms with Crippen LogP contribution in [0.15, 0.2) is 18.2 Å². The molecule has 0 aliphatic heterocycles. The molecule has 0 aliphatic carbocycles. The summed E-state index contributed by atoms with van der Waals surface area (Å²) in [5.74, 6) is -0.578. The molecule has 0 aliphatic rings. The van der Waals surface area contributed by atoms with Gasteiger partial charge in [0.25, 0.3) is 0 Å². The number of benzene rings is 1. The van der Waals surface area contributed by atoms with Crippen molar-refractivity contribution in [3.05, 3.63) is 35.1 Å². The van der Waals surface area contributed by atoms with Crippen molar-refractivity contribution in [2.24, 2.45) is 5.73 Å². The van der Waals surface area contributed by atoms with Gasteiger partial charge in [0.05, 0.1) is 11.5 Å². The Morgan fingerprint density at radius 3 is 2.50 bits per heavy atom. The number of rotatable bonds is 6. The van der Waals surface area contributed by atoms with Crippen LogP contribution in [0.1, 0.15) is 11.1 Å². The molecule has 102 valence electrons. The monoisotopic (exact) mass is 293 g/mol. The van der Waals surface area contributed by atoms with Crippen LogP contribution in [0.3, 0.4) is 0 Å². The first kappa shape index (κ1) is 15.3. The van der Waals surface area contributed by atoms with Gasteiger partial charge in [0.1, 0.15) is 15.7 Å². The number of halogens is 1. The van der Waals surface area contributed by atoms with E-state index in [0.717, 1.165) is 6.26 Å². The van der Waals surface area contributed by atoms with E-state index >= 15 is 0 Å². The minimum atomic E-state index is -3.14. The first-order valence-electron chi connectivity index (χ1n) is 5.32. The molecule has 0 saturated heterocycles. The lowest BCUT2D eigenvalue weighted by Gasteiger charge is -2.06. The van der Waals surface area contributed by atoms with Gasteiger partial charge < -0.3 is 5.73 Å². The third-order valence-electron chi connectivity index (χ3n) is 2.38. The molecule has 1 rings (SSSR count). The third kappa shape index (κ3) is 4.83. The molecule has 2 N–H and O–H groups in total. The van der Waals surface area contributed by atoms with Crippen LogP contribution in [0.5, 0.6) is 0 Å². The second-order valence-corrected chi connectivity index (χ2v) is 7.85. The number of hydrogen-bond donors (Lipinski definition) is 1.